The summed E-state index contributed by atoms with van der Waals surface area (Å²) in [6, 6.07) is 3.46. The summed E-state index contributed by atoms with van der Waals surface area (Å²) < 4.78 is 26.1. The molecule has 0 unspecified atom stereocenters. The molecule has 0 aliphatic rings. The Labute approximate surface area is 81.0 Å². The summed E-state index contributed by atoms with van der Waals surface area (Å²) in [6.07, 6.45) is 0. The molecule has 1 aromatic carbocycles. The normalized spacial score (nSPS) is 11.1. The summed E-state index contributed by atoms with van der Waals surface area (Å²) >= 11 is 0. The Bertz CT molecular complexity index is 400. The van der Waals surface area contributed by atoms with E-state index in [0.29, 0.717) is 6.07 Å². The average molecular weight is 196 g/mol. The first-order valence-corrected chi connectivity index (χ1v) is 4.04. The fourth-order valence-electron chi connectivity index (χ4n) is 1.13. The van der Waals surface area contributed by atoms with Crippen molar-refractivity contribution in [3.05, 3.63) is 34.9 Å². The lowest BCUT2D eigenvalue weighted by molar-refractivity contribution is 0.492. The van der Waals surface area contributed by atoms with Crippen molar-refractivity contribution < 1.29 is 8.78 Å². The van der Waals surface area contributed by atoms with Crippen molar-refractivity contribution in [1.82, 2.24) is 0 Å². The van der Waals surface area contributed by atoms with Crippen molar-refractivity contribution in [3.8, 4) is 6.07 Å². The summed E-state index contributed by atoms with van der Waals surface area (Å²) in [7, 11) is 0. The maximum atomic E-state index is 13.2. The lowest BCUT2D eigenvalue weighted by atomic mass is 9.93. The number of benzene rings is 1. The predicted octanol–water partition coefficient (Wildman–Crippen LogP) is 2.03. The van der Waals surface area contributed by atoms with Crippen LogP contribution in [0.15, 0.2) is 12.1 Å². The Balaban J connectivity index is 3.41. The van der Waals surface area contributed by atoms with Gasteiger partial charge in [-0.3, -0.25) is 0 Å². The van der Waals surface area contributed by atoms with Gasteiger partial charge in [0.1, 0.15) is 17.7 Å². The highest BCUT2D eigenvalue weighted by Gasteiger charge is 2.21. The largest absolute Gasteiger partial charge is 0.322 e. The highest BCUT2D eigenvalue weighted by Crippen LogP contribution is 2.23. The van der Waals surface area contributed by atoms with E-state index in [2.05, 4.69) is 0 Å². The first-order valence-electron chi connectivity index (χ1n) is 4.04. The molecular weight excluding hydrogens is 186 g/mol. The number of nitriles is 1. The maximum Gasteiger partial charge on any atom is 0.143 e. The minimum atomic E-state index is -0.927. The second-order valence-electron chi connectivity index (χ2n) is 3.65. The quantitative estimate of drug-likeness (QED) is 0.747. The molecule has 0 heterocycles. The number of hydrogen-bond acceptors (Lipinski definition) is 2. The molecule has 0 aliphatic heterocycles. The predicted molar refractivity (Wildman–Crippen MR) is 48.3 cm³/mol. The molecule has 4 heteroatoms. The average Bonchev–Trinajstić information content (AvgIpc) is 2.02. The van der Waals surface area contributed by atoms with Gasteiger partial charge in [0.15, 0.2) is 0 Å². The van der Waals surface area contributed by atoms with Crippen molar-refractivity contribution in [2.45, 2.75) is 19.4 Å². The van der Waals surface area contributed by atoms with E-state index in [-0.39, 0.29) is 11.1 Å². The van der Waals surface area contributed by atoms with Crippen molar-refractivity contribution in [2.75, 3.05) is 0 Å². The van der Waals surface area contributed by atoms with Gasteiger partial charge in [-0.05, 0) is 19.9 Å². The Morgan fingerprint density at radius 2 is 1.86 bits per heavy atom. The molecule has 0 radical (unpaired) electrons. The molecule has 0 amide bonds. The van der Waals surface area contributed by atoms with Crippen LogP contribution in [-0.2, 0) is 5.54 Å². The molecule has 0 atom stereocenters. The van der Waals surface area contributed by atoms with Crippen LogP contribution in [0.25, 0.3) is 0 Å². The highest BCUT2D eigenvalue weighted by atomic mass is 19.1. The lowest BCUT2D eigenvalue weighted by Crippen LogP contribution is -2.30. The maximum absolute atomic E-state index is 13.2. The van der Waals surface area contributed by atoms with E-state index in [1.165, 1.54) is 0 Å². The summed E-state index contributed by atoms with van der Waals surface area (Å²) in [5.74, 6) is -1.59. The number of hydrogen-bond donors (Lipinski definition) is 1. The van der Waals surface area contributed by atoms with E-state index in [1.807, 2.05) is 0 Å². The Hall–Kier alpha value is -1.47. The molecule has 1 rings (SSSR count). The smallest absolute Gasteiger partial charge is 0.143 e. The van der Waals surface area contributed by atoms with Crippen LogP contribution in [0.5, 0.6) is 0 Å². The van der Waals surface area contributed by atoms with Crippen molar-refractivity contribution in [3.63, 3.8) is 0 Å². The number of nitrogens with two attached hydrogens (primary N) is 1. The van der Waals surface area contributed by atoms with Gasteiger partial charge >= 0.3 is 0 Å². The molecule has 0 aliphatic carbocycles. The number of halogens is 2. The van der Waals surface area contributed by atoms with Crippen LogP contribution in [0, 0.1) is 23.0 Å². The highest BCUT2D eigenvalue weighted by molar-refractivity contribution is 5.37. The van der Waals surface area contributed by atoms with Gasteiger partial charge in [0.05, 0.1) is 5.56 Å². The van der Waals surface area contributed by atoms with Gasteiger partial charge < -0.3 is 5.73 Å². The van der Waals surface area contributed by atoms with Crippen LogP contribution in [0.3, 0.4) is 0 Å². The Kier molecular flexibility index (Phi) is 2.54. The van der Waals surface area contributed by atoms with Crippen LogP contribution < -0.4 is 5.73 Å². The zero-order valence-electron chi connectivity index (χ0n) is 7.94. The number of rotatable bonds is 1. The first-order chi connectivity index (χ1) is 6.36. The summed E-state index contributed by atoms with van der Waals surface area (Å²) in [5, 5.41) is 8.55. The fraction of sp³-hybridized carbons (Fsp3) is 0.300. The third-order valence-corrected chi connectivity index (χ3v) is 1.87. The molecule has 0 spiro atoms. The molecule has 2 N–H and O–H groups in total. The topological polar surface area (TPSA) is 49.8 Å². The molecule has 0 saturated heterocycles. The Morgan fingerprint density at radius 1 is 1.29 bits per heavy atom. The van der Waals surface area contributed by atoms with Crippen molar-refractivity contribution in [1.29, 1.82) is 5.26 Å². The van der Waals surface area contributed by atoms with Gasteiger partial charge in [-0.25, -0.2) is 8.78 Å². The van der Waals surface area contributed by atoms with Gasteiger partial charge in [-0.15, -0.1) is 0 Å². The molecule has 1 aromatic rings. The number of nitrogens with zero attached hydrogens (tertiary/aromatic N) is 1. The van der Waals surface area contributed by atoms with E-state index < -0.39 is 17.2 Å². The third kappa shape index (κ3) is 1.88. The molecule has 0 fully saturated rings. The van der Waals surface area contributed by atoms with Crippen LogP contribution in [0.2, 0.25) is 0 Å². The Morgan fingerprint density at radius 3 is 2.29 bits per heavy atom. The second kappa shape index (κ2) is 3.35. The van der Waals surface area contributed by atoms with Crippen LogP contribution >= 0.6 is 0 Å². The minimum Gasteiger partial charge on any atom is -0.322 e. The summed E-state index contributed by atoms with van der Waals surface area (Å²) in [5.41, 5.74) is 4.67. The first kappa shape index (κ1) is 10.6. The van der Waals surface area contributed by atoms with Crippen LogP contribution in [0.4, 0.5) is 8.78 Å². The minimum absolute atomic E-state index is 0.135. The third-order valence-electron chi connectivity index (χ3n) is 1.87. The standard InChI is InChI=1S/C10H10F2N2/c1-10(2,14)7-3-6(5-13)8(11)4-9(7)12/h3-4H,14H2,1-2H3. The van der Waals surface area contributed by atoms with E-state index in [9.17, 15) is 8.78 Å². The summed E-state index contributed by atoms with van der Waals surface area (Å²) in [6.45, 7) is 3.18. The molecule has 74 valence electrons. The molecule has 2 nitrogen and oxygen atoms in total. The fourth-order valence-corrected chi connectivity index (χ4v) is 1.13. The lowest BCUT2D eigenvalue weighted by Gasteiger charge is -2.20. The van der Waals surface area contributed by atoms with Gasteiger partial charge in [-0.1, -0.05) is 0 Å². The van der Waals surface area contributed by atoms with E-state index >= 15 is 0 Å². The molecule has 14 heavy (non-hydrogen) atoms. The SMILES string of the molecule is CC(C)(N)c1cc(C#N)c(F)cc1F. The van der Waals surface area contributed by atoms with Crippen LogP contribution in [-0.4, -0.2) is 0 Å². The molecule has 0 saturated carbocycles. The molecular formula is C10H10F2N2. The van der Waals surface area contributed by atoms with E-state index in [4.69, 9.17) is 11.0 Å². The van der Waals surface area contributed by atoms with Gasteiger partial charge in [0.25, 0.3) is 0 Å². The summed E-state index contributed by atoms with van der Waals surface area (Å²) in [4.78, 5) is 0. The van der Waals surface area contributed by atoms with Crippen molar-refractivity contribution in [2.24, 2.45) is 5.73 Å². The van der Waals surface area contributed by atoms with Gasteiger partial charge in [0.2, 0.25) is 0 Å². The van der Waals surface area contributed by atoms with Gasteiger partial charge in [0, 0.05) is 17.2 Å². The zero-order valence-corrected chi connectivity index (χ0v) is 7.94. The van der Waals surface area contributed by atoms with Crippen molar-refractivity contribution >= 4 is 0 Å². The van der Waals surface area contributed by atoms with Crippen LogP contribution in [0.1, 0.15) is 25.0 Å². The second-order valence-corrected chi connectivity index (χ2v) is 3.65. The molecule has 0 bridgehead atoms. The van der Waals surface area contributed by atoms with E-state index in [1.54, 1.807) is 19.9 Å². The monoisotopic (exact) mass is 196 g/mol. The van der Waals surface area contributed by atoms with Gasteiger partial charge in [-0.2, -0.15) is 5.26 Å². The molecule has 0 aromatic heterocycles. The van der Waals surface area contributed by atoms with E-state index in [0.717, 1.165) is 6.07 Å². The zero-order chi connectivity index (χ0) is 10.9.